The van der Waals surface area contributed by atoms with Crippen LogP contribution in [0.25, 0.3) is 11.4 Å². The molecular formula is C17H14ClN3O3. The Morgan fingerprint density at radius 2 is 1.96 bits per heavy atom. The summed E-state index contributed by atoms with van der Waals surface area (Å²) >= 11 is 5.99. The van der Waals surface area contributed by atoms with Crippen LogP contribution in [-0.4, -0.2) is 23.4 Å². The number of hydrogen-bond donors (Lipinski definition) is 1. The first-order valence-corrected chi connectivity index (χ1v) is 7.88. The maximum atomic E-state index is 5.99. The summed E-state index contributed by atoms with van der Waals surface area (Å²) in [6, 6.07) is 13.0. The Balaban J connectivity index is 1.49. The van der Waals surface area contributed by atoms with Crippen molar-refractivity contribution in [2.24, 2.45) is 0 Å². The molecule has 0 amide bonds. The largest absolute Gasteiger partial charge is 0.486 e. The van der Waals surface area contributed by atoms with Crippen molar-refractivity contribution >= 4 is 17.3 Å². The molecule has 2 heterocycles. The Kier molecular flexibility index (Phi) is 3.96. The maximum absolute atomic E-state index is 5.99. The molecule has 4 rings (SSSR count). The van der Waals surface area contributed by atoms with Crippen molar-refractivity contribution in [3.8, 4) is 22.9 Å². The first kappa shape index (κ1) is 14.8. The van der Waals surface area contributed by atoms with Gasteiger partial charge < -0.3 is 19.3 Å². The van der Waals surface area contributed by atoms with Gasteiger partial charge in [0.2, 0.25) is 11.7 Å². The first-order chi connectivity index (χ1) is 11.8. The van der Waals surface area contributed by atoms with E-state index in [2.05, 4.69) is 15.5 Å². The van der Waals surface area contributed by atoms with E-state index in [4.69, 9.17) is 25.6 Å². The predicted molar refractivity (Wildman–Crippen MR) is 89.5 cm³/mol. The smallest absolute Gasteiger partial charge is 0.246 e. The van der Waals surface area contributed by atoms with Crippen molar-refractivity contribution in [1.82, 2.24) is 10.1 Å². The number of anilines is 1. The van der Waals surface area contributed by atoms with Gasteiger partial charge in [-0.3, -0.25) is 0 Å². The lowest BCUT2D eigenvalue weighted by atomic mass is 10.2. The van der Waals surface area contributed by atoms with Gasteiger partial charge in [-0.05, 0) is 24.3 Å². The fourth-order valence-corrected chi connectivity index (χ4v) is 2.65. The van der Waals surface area contributed by atoms with Crippen molar-refractivity contribution in [2.45, 2.75) is 6.54 Å². The number of benzene rings is 2. The highest BCUT2D eigenvalue weighted by Crippen LogP contribution is 2.37. The summed E-state index contributed by atoms with van der Waals surface area (Å²) in [4.78, 5) is 4.38. The molecule has 1 aliphatic heterocycles. The highest BCUT2D eigenvalue weighted by molar-refractivity contribution is 6.30. The number of para-hydroxylation sites is 1. The molecule has 0 radical (unpaired) electrons. The molecule has 0 spiro atoms. The molecule has 0 atom stereocenters. The molecule has 1 aromatic heterocycles. The van der Waals surface area contributed by atoms with Crippen molar-refractivity contribution in [1.29, 1.82) is 0 Å². The number of aromatic nitrogens is 2. The lowest BCUT2D eigenvalue weighted by Gasteiger charge is -2.21. The van der Waals surface area contributed by atoms with Gasteiger partial charge in [0.1, 0.15) is 13.2 Å². The van der Waals surface area contributed by atoms with Crippen molar-refractivity contribution in [3.05, 3.63) is 53.4 Å². The minimum absolute atomic E-state index is 0.382. The van der Waals surface area contributed by atoms with Crippen LogP contribution in [0.1, 0.15) is 5.89 Å². The van der Waals surface area contributed by atoms with Gasteiger partial charge in [-0.25, -0.2) is 0 Å². The van der Waals surface area contributed by atoms with E-state index in [1.807, 2.05) is 30.3 Å². The van der Waals surface area contributed by atoms with Crippen LogP contribution in [0.3, 0.4) is 0 Å². The Hall–Kier alpha value is -2.73. The quantitative estimate of drug-likeness (QED) is 0.777. The lowest BCUT2D eigenvalue weighted by Crippen LogP contribution is -2.16. The molecule has 122 valence electrons. The summed E-state index contributed by atoms with van der Waals surface area (Å²) in [7, 11) is 0. The van der Waals surface area contributed by atoms with Crippen LogP contribution >= 0.6 is 11.6 Å². The van der Waals surface area contributed by atoms with Crippen LogP contribution in [0, 0.1) is 0 Å². The normalized spacial score (nSPS) is 12.9. The van der Waals surface area contributed by atoms with Crippen LogP contribution in [0.5, 0.6) is 11.5 Å². The van der Waals surface area contributed by atoms with Gasteiger partial charge in [0.05, 0.1) is 12.2 Å². The molecule has 0 bridgehead atoms. The second-order valence-corrected chi connectivity index (χ2v) is 5.64. The SMILES string of the molecule is Clc1cccc(-c2noc(CNc3cccc4c3OCCO4)n2)c1. The second-order valence-electron chi connectivity index (χ2n) is 5.21. The third-order valence-corrected chi connectivity index (χ3v) is 3.78. The average molecular weight is 344 g/mol. The Bertz CT molecular complexity index is 866. The van der Waals surface area contributed by atoms with Crippen LogP contribution in [0.4, 0.5) is 5.69 Å². The van der Waals surface area contributed by atoms with Crippen LogP contribution in [0.15, 0.2) is 47.0 Å². The molecule has 7 heteroatoms. The number of fused-ring (bicyclic) bond motifs is 1. The highest BCUT2D eigenvalue weighted by atomic mass is 35.5. The number of nitrogens with one attached hydrogen (secondary N) is 1. The van der Waals surface area contributed by atoms with E-state index >= 15 is 0 Å². The fourth-order valence-electron chi connectivity index (χ4n) is 2.46. The summed E-state index contributed by atoms with van der Waals surface area (Å²) in [5.74, 6) is 2.41. The van der Waals surface area contributed by atoms with Crippen LogP contribution in [-0.2, 0) is 6.54 Å². The summed E-state index contributed by atoms with van der Waals surface area (Å²) in [6.07, 6.45) is 0. The lowest BCUT2D eigenvalue weighted by molar-refractivity contribution is 0.172. The molecule has 6 nitrogen and oxygen atoms in total. The van der Waals surface area contributed by atoms with Gasteiger partial charge in [-0.15, -0.1) is 0 Å². The fraction of sp³-hybridized carbons (Fsp3) is 0.176. The van der Waals surface area contributed by atoms with Gasteiger partial charge in [0.25, 0.3) is 0 Å². The number of hydrogen-bond acceptors (Lipinski definition) is 6. The van der Waals surface area contributed by atoms with Gasteiger partial charge in [0.15, 0.2) is 11.5 Å². The third-order valence-electron chi connectivity index (χ3n) is 3.55. The topological polar surface area (TPSA) is 69.4 Å². The monoisotopic (exact) mass is 343 g/mol. The van der Waals surface area contributed by atoms with E-state index in [0.717, 1.165) is 17.0 Å². The standard InChI is InChI=1S/C17H14ClN3O3/c18-12-4-1-3-11(9-12)17-20-15(24-21-17)10-19-13-5-2-6-14-16(13)23-8-7-22-14/h1-6,9,19H,7-8,10H2. The molecule has 0 aliphatic carbocycles. The Labute approximate surface area is 143 Å². The van der Waals surface area contributed by atoms with Crippen molar-refractivity contribution in [2.75, 3.05) is 18.5 Å². The van der Waals surface area contributed by atoms with Gasteiger partial charge in [0, 0.05) is 10.6 Å². The minimum atomic E-state index is 0.382. The van der Waals surface area contributed by atoms with E-state index in [1.165, 1.54) is 0 Å². The van der Waals surface area contributed by atoms with E-state index < -0.39 is 0 Å². The molecule has 0 unspecified atom stereocenters. The van der Waals surface area contributed by atoms with Gasteiger partial charge in [-0.1, -0.05) is 35.0 Å². The predicted octanol–water partition coefficient (Wildman–Crippen LogP) is 3.77. The summed E-state index contributed by atoms with van der Waals surface area (Å²) in [5.41, 5.74) is 1.64. The molecule has 24 heavy (non-hydrogen) atoms. The Morgan fingerprint density at radius 1 is 1.08 bits per heavy atom. The Morgan fingerprint density at radius 3 is 2.88 bits per heavy atom. The van der Waals surface area contributed by atoms with E-state index in [9.17, 15) is 0 Å². The second kappa shape index (κ2) is 6.41. The molecule has 0 saturated heterocycles. The van der Waals surface area contributed by atoms with Crippen LogP contribution < -0.4 is 14.8 Å². The molecular weight excluding hydrogens is 330 g/mol. The zero-order valence-corrected chi connectivity index (χ0v) is 13.4. The molecule has 1 N–H and O–H groups in total. The van der Waals surface area contributed by atoms with Gasteiger partial charge in [-0.2, -0.15) is 4.98 Å². The average Bonchev–Trinajstić information content (AvgIpc) is 3.09. The molecule has 1 aliphatic rings. The van der Waals surface area contributed by atoms with E-state index in [-0.39, 0.29) is 0 Å². The maximum Gasteiger partial charge on any atom is 0.246 e. The molecule has 3 aromatic rings. The van der Waals surface area contributed by atoms with Crippen molar-refractivity contribution in [3.63, 3.8) is 0 Å². The third kappa shape index (κ3) is 3.00. The summed E-state index contributed by atoms with van der Waals surface area (Å²) in [5, 5.41) is 7.85. The number of ether oxygens (including phenoxy) is 2. The summed E-state index contributed by atoms with van der Waals surface area (Å²) in [6.45, 7) is 1.47. The number of rotatable bonds is 4. The first-order valence-electron chi connectivity index (χ1n) is 7.50. The van der Waals surface area contributed by atoms with Crippen molar-refractivity contribution < 1.29 is 14.0 Å². The molecule has 2 aromatic carbocycles. The number of nitrogens with zero attached hydrogens (tertiary/aromatic N) is 2. The summed E-state index contributed by atoms with van der Waals surface area (Å²) < 4.78 is 16.5. The van der Waals surface area contributed by atoms with E-state index in [0.29, 0.717) is 42.2 Å². The zero-order valence-electron chi connectivity index (χ0n) is 12.7. The minimum Gasteiger partial charge on any atom is -0.486 e. The number of halogens is 1. The highest BCUT2D eigenvalue weighted by Gasteiger charge is 2.16. The zero-order chi connectivity index (χ0) is 16.4. The van der Waals surface area contributed by atoms with Crippen LogP contribution in [0.2, 0.25) is 5.02 Å². The van der Waals surface area contributed by atoms with Gasteiger partial charge >= 0.3 is 0 Å². The molecule has 0 fully saturated rings. The molecule has 0 saturated carbocycles. The van der Waals surface area contributed by atoms with E-state index in [1.54, 1.807) is 12.1 Å².